The molecule has 3 N–H and O–H groups in total. The molecule has 76 valence electrons. The van der Waals surface area contributed by atoms with Crippen LogP contribution >= 0.6 is 0 Å². The summed E-state index contributed by atoms with van der Waals surface area (Å²) in [5.74, 6) is 0. The molecule has 13 heavy (non-hydrogen) atoms. The fourth-order valence-corrected chi connectivity index (χ4v) is 1.03. The monoisotopic (exact) mass is 185 g/mol. The lowest BCUT2D eigenvalue weighted by molar-refractivity contribution is 0.240. The van der Waals surface area contributed by atoms with E-state index < -0.39 is 0 Å². The first-order valence-electron chi connectivity index (χ1n) is 5.08. The van der Waals surface area contributed by atoms with Crippen LogP contribution in [0.3, 0.4) is 0 Å². The standard InChI is InChI=1S/C9H19N3O/c1-2-5-10-6-7-11-9(13)12-8-3-4-8/h8,10H,2-7H2,1H3,(H2,11,12,13). The Morgan fingerprint density at radius 1 is 1.31 bits per heavy atom. The first-order valence-corrected chi connectivity index (χ1v) is 5.08. The number of carbonyl (C=O) groups excluding carboxylic acids is 1. The highest BCUT2D eigenvalue weighted by molar-refractivity contribution is 5.74. The lowest BCUT2D eigenvalue weighted by Gasteiger charge is -2.06. The van der Waals surface area contributed by atoms with Crippen molar-refractivity contribution in [2.45, 2.75) is 32.2 Å². The van der Waals surface area contributed by atoms with E-state index in [4.69, 9.17) is 0 Å². The van der Waals surface area contributed by atoms with Crippen LogP contribution in [0.15, 0.2) is 0 Å². The summed E-state index contributed by atoms with van der Waals surface area (Å²) in [4.78, 5) is 11.1. The van der Waals surface area contributed by atoms with Gasteiger partial charge in [-0.3, -0.25) is 0 Å². The van der Waals surface area contributed by atoms with Crippen molar-refractivity contribution in [1.29, 1.82) is 0 Å². The van der Waals surface area contributed by atoms with Gasteiger partial charge in [-0.05, 0) is 25.8 Å². The van der Waals surface area contributed by atoms with Crippen molar-refractivity contribution < 1.29 is 4.79 Å². The highest BCUT2D eigenvalue weighted by Crippen LogP contribution is 2.17. The Labute approximate surface area is 79.5 Å². The van der Waals surface area contributed by atoms with Gasteiger partial charge in [0, 0.05) is 19.1 Å². The van der Waals surface area contributed by atoms with E-state index in [0.29, 0.717) is 12.6 Å². The van der Waals surface area contributed by atoms with Crippen molar-refractivity contribution >= 4 is 6.03 Å². The molecule has 2 amide bonds. The van der Waals surface area contributed by atoms with Gasteiger partial charge in [0.1, 0.15) is 0 Å². The predicted octanol–water partition coefficient (Wildman–Crippen LogP) is 0.448. The maximum atomic E-state index is 11.1. The van der Waals surface area contributed by atoms with Crippen LogP contribution in [-0.2, 0) is 0 Å². The average Bonchev–Trinajstić information content (AvgIpc) is 2.88. The average molecular weight is 185 g/mol. The molecule has 0 atom stereocenters. The molecule has 0 aliphatic heterocycles. The van der Waals surface area contributed by atoms with E-state index in [0.717, 1.165) is 32.4 Å². The fraction of sp³-hybridized carbons (Fsp3) is 0.889. The van der Waals surface area contributed by atoms with Crippen LogP contribution in [0.5, 0.6) is 0 Å². The summed E-state index contributed by atoms with van der Waals surface area (Å²) in [7, 11) is 0. The van der Waals surface area contributed by atoms with Crippen molar-refractivity contribution in [1.82, 2.24) is 16.0 Å². The van der Waals surface area contributed by atoms with E-state index in [1.54, 1.807) is 0 Å². The van der Waals surface area contributed by atoms with Gasteiger partial charge in [0.25, 0.3) is 0 Å². The third kappa shape index (κ3) is 5.47. The van der Waals surface area contributed by atoms with Crippen LogP contribution in [0.2, 0.25) is 0 Å². The van der Waals surface area contributed by atoms with Gasteiger partial charge in [-0.1, -0.05) is 6.92 Å². The lowest BCUT2D eigenvalue weighted by Crippen LogP contribution is -2.40. The first kappa shape index (κ1) is 10.3. The molecule has 0 aromatic carbocycles. The van der Waals surface area contributed by atoms with Crippen LogP contribution in [0.1, 0.15) is 26.2 Å². The largest absolute Gasteiger partial charge is 0.337 e. The van der Waals surface area contributed by atoms with Crippen LogP contribution in [-0.4, -0.2) is 31.7 Å². The molecule has 1 fully saturated rings. The van der Waals surface area contributed by atoms with E-state index >= 15 is 0 Å². The van der Waals surface area contributed by atoms with E-state index in [9.17, 15) is 4.79 Å². The third-order valence-corrected chi connectivity index (χ3v) is 1.93. The Morgan fingerprint density at radius 2 is 2.08 bits per heavy atom. The van der Waals surface area contributed by atoms with Gasteiger partial charge in [-0.25, -0.2) is 4.79 Å². The predicted molar refractivity (Wildman–Crippen MR) is 52.7 cm³/mol. The topological polar surface area (TPSA) is 53.2 Å². The summed E-state index contributed by atoms with van der Waals surface area (Å²) in [6.07, 6.45) is 3.41. The number of hydrogen-bond acceptors (Lipinski definition) is 2. The van der Waals surface area contributed by atoms with Gasteiger partial charge in [-0.2, -0.15) is 0 Å². The van der Waals surface area contributed by atoms with Gasteiger partial charge in [-0.15, -0.1) is 0 Å². The van der Waals surface area contributed by atoms with Crippen LogP contribution in [0.4, 0.5) is 4.79 Å². The smallest absolute Gasteiger partial charge is 0.315 e. The molecule has 1 rings (SSSR count). The molecule has 0 radical (unpaired) electrons. The Balaban J connectivity index is 1.83. The lowest BCUT2D eigenvalue weighted by atomic mass is 10.5. The van der Waals surface area contributed by atoms with Gasteiger partial charge < -0.3 is 16.0 Å². The molecular formula is C9H19N3O. The Kier molecular flexibility index (Phi) is 4.60. The minimum atomic E-state index is -0.0270. The highest BCUT2D eigenvalue weighted by atomic mass is 16.2. The van der Waals surface area contributed by atoms with Gasteiger partial charge >= 0.3 is 6.03 Å². The normalized spacial score (nSPS) is 15.5. The SMILES string of the molecule is CCCNCCNC(=O)NC1CC1. The van der Waals surface area contributed by atoms with Crippen LogP contribution in [0.25, 0.3) is 0 Å². The second-order valence-corrected chi connectivity index (χ2v) is 3.42. The minimum absolute atomic E-state index is 0.0270. The zero-order chi connectivity index (χ0) is 9.52. The Morgan fingerprint density at radius 3 is 2.69 bits per heavy atom. The number of nitrogens with one attached hydrogen (secondary N) is 3. The summed E-state index contributed by atoms with van der Waals surface area (Å²) in [6.45, 7) is 4.70. The maximum absolute atomic E-state index is 11.1. The van der Waals surface area contributed by atoms with E-state index in [-0.39, 0.29) is 6.03 Å². The second-order valence-electron chi connectivity index (χ2n) is 3.42. The third-order valence-electron chi connectivity index (χ3n) is 1.93. The van der Waals surface area contributed by atoms with Crippen molar-refractivity contribution in [3.05, 3.63) is 0 Å². The molecule has 1 saturated carbocycles. The maximum Gasteiger partial charge on any atom is 0.315 e. The molecule has 0 aromatic heterocycles. The molecule has 0 spiro atoms. The molecule has 0 bridgehead atoms. The van der Waals surface area contributed by atoms with E-state index in [1.165, 1.54) is 0 Å². The quantitative estimate of drug-likeness (QED) is 0.526. The zero-order valence-electron chi connectivity index (χ0n) is 8.23. The first-order chi connectivity index (χ1) is 6.33. The van der Waals surface area contributed by atoms with Gasteiger partial charge in [0.2, 0.25) is 0 Å². The molecule has 0 aromatic rings. The summed E-state index contributed by atoms with van der Waals surface area (Å²) in [5, 5.41) is 8.88. The number of urea groups is 1. The van der Waals surface area contributed by atoms with E-state index in [2.05, 4.69) is 22.9 Å². The fourth-order valence-electron chi connectivity index (χ4n) is 1.03. The van der Waals surface area contributed by atoms with Crippen LogP contribution in [0, 0.1) is 0 Å². The molecule has 0 heterocycles. The number of rotatable bonds is 6. The van der Waals surface area contributed by atoms with Crippen molar-refractivity contribution in [3.8, 4) is 0 Å². The molecule has 1 aliphatic carbocycles. The number of carbonyl (C=O) groups is 1. The molecule has 0 saturated heterocycles. The second kappa shape index (κ2) is 5.80. The Hall–Kier alpha value is -0.770. The van der Waals surface area contributed by atoms with Gasteiger partial charge in [0.15, 0.2) is 0 Å². The Bertz CT molecular complexity index is 157. The number of hydrogen-bond donors (Lipinski definition) is 3. The molecule has 4 heteroatoms. The van der Waals surface area contributed by atoms with Crippen molar-refractivity contribution in [2.75, 3.05) is 19.6 Å². The van der Waals surface area contributed by atoms with Gasteiger partial charge in [0.05, 0.1) is 0 Å². The number of amides is 2. The summed E-state index contributed by atoms with van der Waals surface area (Å²) in [6, 6.07) is 0.421. The minimum Gasteiger partial charge on any atom is -0.337 e. The van der Waals surface area contributed by atoms with Crippen molar-refractivity contribution in [2.24, 2.45) is 0 Å². The molecule has 0 unspecified atom stereocenters. The van der Waals surface area contributed by atoms with Crippen LogP contribution < -0.4 is 16.0 Å². The van der Waals surface area contributed by atoms with E-state index in [1.807, 2.05) is 0 Å². The summed E-state index contributed by atoms with van der Waals surface area (Å²) < 4.78 is 0. The zero-order valence-corrected chi connectivity index (χ0v) is 8.23. The molecular weight excluding hydrogens is 166 g/mol. The van der Waals surface area contributed by atoms with Crippen molar-refractivity contribution in [3.63, 3.8) is 0 Å². The molecule has 1 aliphatic rings. The molecule has 4 nitrogen and oxygen atoms in total. The summed E-state index contributed by atoms with van der Waals surface area (Å²) >= 11 is 0. The highest BCUT2D eigenvalue weighted by Gasteiger charge is 2.22. The summed E-state index contributed by atoms with van der Waals surface area (Å²) in [5.41, 5.74) is 0.